The first-order valence-electron chi connectivity index (χ1n) is 8.02. The summed E-state index contributed by atoms with van der Waals surface area (Å²) < 4.78 is 5.41. The normalized spacial score (nSPS) is 11.0. The first-order chi connectivity index (χ1) is 11.5. The van der Waals surface area contributed by atoms with Gasteiger partial charge in [0.15, 0.2) is 11.6 Å². The molecule has 0 radical (unpaired) electrons. The van der Waals surface area contributed by atoms with Crippen molar-refractivity contribution < 1.29 is 4.74 Å². The average molecular weight is 322 g/mol. The molecule has 0 amide bonds. The Hall–Kier alpha value is -2.82. The third kappa shape index (κ3) is 3.56. The van der Waals surface area contributed by atoms with Gasteiger partial charge in [-0.3, -0.25) is 0 Å². The Morgan fingerprint density at radius 3 is 2.46 bits per heavy atom. The van der Waals surface area contributed by atoms with Gasteiger partial charge < -0.3 is 15.8 Å². The van der Waals surface area contributed by atoms with Crippen LogP contribution >= 0.6 is 0 Å². The fourth-order valence-electron chi connectivity index (χ4n) is 2.68. The van der Waals surface area contributed by atoms with Gasteiger partial charge in [0.1, 0.15) is 5.75 Å². The number of nitrogens with one attached hydrogen (secondary N) is 1. The molecule has 3 aromatic rings. The zero-order chi connectivity index (χ0) is 17.1. The van der Waals surface area contributed by atoms with E-state index in [0.29, 0.717) is 17.6 Å². The summed E-state index contributed by atoms with van der Waals surface area (Å²) >= 11 is 0. The number of aromatic nitrogens is 2. The van der Waals surface area contributed by atoms with Crippen LogP contribution in [0, 0.1) is 5.92 Å². The monoisotopic (exact) mass is 322 g/mol. The van der Waals surface area contributed by atoms with Crippen molar-refractivity contribution in [1.82, 2.24) is 9.97 Å². The van der Waals surface area contributed by atoms with E-state index in [-0.39, 0.29) is 0 Å². The SMILES string of the molecule is COc1cc(CC(C)C)cc(Nc2nc3ccccc3nc2N)c1. The van der Waals surface area contributed by atoms with Gasteiger partial charge in [-0.1, -0.05) is 26.0 Å². The molecular weight excluding hydrogens is 300 g/mol. The Morgan fingerprint density at radius 2 is 1.79 bits per heavy atom. The molecule has 0 fully saturated rings. The van der Waals surface area contributed by atoms with Crippen LogP contribution in [0.3, 0.4) is 0 Å². The summed E-state index contributed by atoms with van der Waals surface area (Å²) in [5, 5.41) is 3.27. The fourth-order valence-corrected chi connectivity index (χ4v) is 2.68. The number of para-hydroxylation sites is 2. The zero-order valence-electron chi connectivity index (χ0n) is 14.2. The Bertz CT molecular complexity index is 861. The maximum atomic E-state index is 6.06. The summed E-state index contributed by atoms with van der Waals surface area (Å²) in [6.07, 6.45) is 0.977. The fraction of sp³-hybridized carbons (Fsp3) is 0.263. The number of nitrogen functional groups attached to an aromatic ring is 1. The van der Waals surface area contributed by atoms with Gasteiger partial charge in [-0.15, -0.1) is 0 Å². The van der Waals surface area contributed by atoms with Gasteiger partial charge in [-0.2, -0.15) is 0 Å². The molecule has 1 aromatic heterocycles. The number of fused-ring (bicyclic) bond motifs is 1. The predicted molar refractivity (Wildman–Crippen MR) is 98.8 cm³/mol. The number of ether oxygens (including phenoxy) is 1. The van der Waals surface area contributed by atoms with Gasteiger partial charge in [0, 0.05) is 11.8 Å². The quantitative estimate of drug-likeness (QED) is 0.738. The molecule has 0 aliphatic rings. The standard InChI is InChI=1S/C19H22N4O/c1-12(2)8-13-9-14(11-15(10-13)24-3)21-19-18(20)22-16-6-4-5-7-17(16)23-19/h4-7,9-12H,8H2,1-3H3,(H2,20,22)(H,21,23). The third-order valence-corrected chi connectivity index (χ3v) is 3.71. The number of nitrogens with zero attached hydrogens (tertiary/aromatic N) is 2. The van der Waals surface area contributed by atoms with Crippen LogP contribution in [-0.2, 0) is 6.42 Å². The molecule has 24 heavy (non-hydrogen) atoms. The molecule has 0 saturated heterocycles. The molecule has 0 bridgehead atoms. The number of hydrogen-bond acceptors (Lipinski definition) is 5. The first kappa shape index (κ1) is 16.1. The molecule has 3 N–H and O–H groups in total. The molecule has 0 unspecified atom stereocenters. The second-order valence-corrected chi connectivity index (χ2v) is 6.24. The minimum absolute atomic E-state index is 0.377. The van der Waals surface area contributed by atoms with Crippen molar-refractivity contribution in [2.45, 2.75) is 20.3 Å². The molecule has 0 saturated carbocycles. The lowest BCUT2D eigenvalue weighted by Gasteiger charge is -2.13. The van der Waals surface area contributed by atoms with Gasteiger partial charge in [-0.25, -0.2) is 9.97 Å². The third-order valence-electron chi connectivity index (χ3n) is 3.71. The van der Waals surface area contributed by atoms with Crippen LogP contribution in [0.5, 0.6) is 5.75 Å². The van der Waals surface area contributed by atoms with Crippen LogP contribution < -0.4 is 15.8 Å². The molecule has 3 rings (SSSR count). The van der Waals surface area contributed by atoms with Gasteiger partial charge >= 0.3 is 0 Å². The molecule has 124 valence electrons. The molecule has 1 heterocycles. The topological polar surface area (TPSA) is 73.1 Å². The Balaban J connectivity index is 1.96. The van der Waals surface area contributed by atoms with Crippen molar-refractivity contribution in [2.24, 2.45) is 5.92 Å². The van der Waals surface area contributed by atoms with Crippen molar-refractivity contribution >= 4 is 28.4 Å². The van der Waals surface area contributed by atoms with E-state index in [0.717, 1.165) is 28.9 Å². The van der Waals surface area contributed by atoms with E-state index in [1.807, 2.05) is 30.3 Å². The molecular formula is C19H22N4O. The number of benzene rings is 2. The van der Waals surface area contributed by atoms with Crippen LogP contribution in [0.1, 0.15) is 19.4 Å². The van der Waals surface area contributed by atoms with E-state index in [4.69, 9.17) is 10.5 Å². The summed E-state index contributed by atoms with van der Waals surface area (Å²) in [4.78, 5) is 8.98. The number of nitrogens with two attached hydrogens (primary N) is 1. The van der Waals surface area contributed by atoms with Crippen LogP contribution in [0.4, 0.5) is 17.3 Å². The highest BCUT2D eigenvalue weighted by Crippen LogP contribution is 2.27. The average Bonchev–Trinajstić information content (AvgIpc) is 2.54. The second-order valence-electron chi connectivity index (χ2n) is 6.24. The molecule has 0 aliphatic carbocycles. The van der Waals surface area contributed by atoms with Crippen LogP contribution in [-0.4, -0.2) is 17.1 Å². The summed E-state index contributed by atoms with van der Waals surface area (Å²) in [6.45, 7) is 4.39. The smallest absolute Gasteiger partial charge is 0.174 e. The zero-order valence-corrected chi connectivity index (χ0v) is 14.2. The number of hydrogen-bond donors (Lipinski definition) is 2. The largest absolute Gasteiger partial charge is 0.497 e. The van der Waals surface area contributed by atoms with Gasteiger partial charge in [-0.05, 0) is 42.2 Å². The Labute approximate surface area is 141 Å². The Morgan fingerprint density at radius 1 is 1.08 bits per heavy atom. The summed E-state index contributed by atoms with van der Waals surface area (Å²) in [5.74, 6) is 2.30. The first-order valence-corrected chi connectivity index (χ1v) is 8.02. The lowest BCUT2D eigenvalue weighted by Crippen LogP contribution is -2.03. The van der Waals surface area contributed by atoms with Crippen LogP contribution in [0.2, 0.25) is 0 Å². The van der Waals surface area contributed by atoms with Crippen molar-refractivity contribution in [3.63, 3.8) is 0 Å². The highest BCUT2D eigenvalue weighted by Gasteiger charge is 2.09. The Kier molecular flexibility index (Phi) is 4.51. The highest BCUT2D eigenvalue weighted by molar-refractivity contribution is 5.81. The maximum absolute atomic E-state index is 6.06. The van der Waals surface area contributed by atoms with Crippen molar-refractivity contribution in [3.05, 3.63) is 48.0 Å². The summed E-state index contributed by atoms with van der Waals surface area (Å²) in [6, 6.07) is 13.8. The van der Waals surface area contributed by atoms with E-state index < -0.39 is 0 Å². The molecule has 0 atom stereocenters. The predicted octanol–water partition coefficient (Wildman–Crippen LogP) is 4.16. The molecule has 0 spiro atoms. The van der Waals surface area contributed by atoms with E-state index >= 15 is 0 Å². The molecule has 5 heteroatoms. The summed E-state index contributed by atoms with van der Waals surface area (Å²) in [5.41, 5.74) is 9.74. The minimum atomic E-state index is 0.377. The number of methoxy groups -OCH3 is 1. The van der Waals surface area contributed by atoms with E-state index in [1.54, 1.807) is 7.11 Å². The maximum Gasteiger partial charge on any atom is 0.174 e. The minimum Gasteiger partial charge on any atom is -0.497 e. The number of rotatable bonds is 5. The van der Waals surface area contributed by atoms with E-state index in [2.05, 4.69) is 41.3 Å². The lowest BCUT2D eigenvalue weighted by molar-refractivity contribution is 0.414. The molecule has 2 aromatic carbocycles. The highest BCUT2D eigenvalue weighted by atomic mass is 16.5. The van der Waals surface area contributed by atoms with Gasteiger partial charge in [0.2, 0.25) is 0 Å². The van der Waals surface area contributed by atoms with E-state index in [9.17, 15) is 0 Å². The van der Waals surface area contributed by atoms with Gasteiger partial charge in [0.05, 0.1) is 18.1 Å². The summed E-state index contributed by atoms with van der Waals surface area (Å²) in [7, 11) is 1.67. The van der Waals surface area contributed by atoms with Crippen molar-refractivity contribution in [2.75, 3.05) is 18.2 Å². The van der Waals surface area contributed by atoms with E-state index in [1.165, 1.54) is 5.56 Å². The van der Waals surface area contributed by atoms with Crippen LogP contribution in [0.25, 0.3) is 11.0 Å². The molecule has 0 aliphatic heterocycles. The lowest BCUT2D eigenvalue weighted by atomic mass is 10.0. The number of anilines is 3. The van der Waals surface area contributed by atoms with Crippen molar-refractivity contribution in [3.8, 4) is 5.75 Å². The van der Waals surface area contributed by atoms with Crippen molar-refractivity contribution in [1.29, 1.82) is 0 Å². The van der Waals surface area contributed by atoms with Crippen LogP contribution in [0.15, 0.2) is 42.5 Å². The molecule has 5 nitrogen and oxygen atoms in total. The van der Waals surface area contributed by atoms with Gasteiger partial charge in [0.25, 0.3) is 0 Å². The second kappa shape index (κ2) is 6.74.